The highest BCUT2D eigenvalue weighted by molar-refractivity contribution is 5.86. The molecule has 0 amide bonds. The molecule has 0 unspecified atom stereocenters. The van der Waals surface area contributed by atoms with Crippen molar-refractivity contribution in [2.24, 2.45) is 0 Å². The second kappa shape index (κ2) is 5.11. The second-order valence-electron chi connectivity index (χ2n) is 5.36. The molecule has 0 saturated carbocycles. The van der Waals surface area contributed by atoms with E-state index < -0.39 is 0 Å². The third-order valence-corrected chi connectivity index (χ3v) is 3.86. The van der Waals surface area contributed by atoms with Gasteiger partial charge >= 0.3 is 0 Å². The molecule has 22 heavy (non-hydrogen) atoms. The van der Waals surface area contributed by atoms with Gasteiger partial charge in [-0.15, -0.1) is 0 Å². The first-order valence-electron chi connectivity index (χ1n) is 7.26. The van der Waals surface area contributed by atoms with Crippen molar-refractivity contribution in [3.8, 4) is 16.8 Å². The molecular formula is C19H15N3. The fraction of sp³-hybridized carbons (Fsp3) is 0.0526. The molecule has 4 aromatic rings. The molecule has 0 spiro atoms. The van der Waals surface area contributed by atoms with Crippen LogP contribution >= 0.6 is 0 Å². The average molecular weight is 285 g/mol. The zero-order valence-corrected chi connectivity index (χ0v) is 12.3. The minimum Gasteiger partial charge on any atom is -0.315 e. The Morgan fingerprint density at radius 2 is 1.82 bits per heavy atom. The summed E-state index contributed by atoms with van der Waals surface area (Å²) in [5.74, 6) is 0. The molecule has 3 aromatic heterocycles. The largest absolute Gasteiger partial charge is 0.315 e. The van der Waals surface area contributed by atoms with E-state index in [9.17, 15) is 0 Å². The highest BCUT2D eigenvalue weighted by atomic mass is 15.0. The standard InChI is InChI=1S/C19H15N3/c1-14-4-5-17(12-21-14)15-6-7-19-16(11-15)8-10-22(19)18-3-2-9-20-13-18/h2-13H,1H3. The molecule has 0 N–H and O–H groups in total. The van der Waals surface area contributed by atoms with Gasteiger partial charge in [0.2, 0.25) is 0 Å². The van der Waals surface area contributed by atoms with Crippen LogP contribution < -0.4 is 0 Å². The first-order chi connectivity index (χ1) is 10.8. The number of benzene rings is 1. The molecule has 4 rings (SSSR count). The molecule has 1 aromatic carbocycles. The summed E-state index contributed by atoms with van der Waals surface area (Å²) in [6.07, 6.45) is 7.67. The molecule has 0 aliphatic rings. The van der Waals surface area contributed by atoms with Crippen LogP contribution in [-0.4, -0.2) is 14.5 Å². The van der Waals surface area contributed by atoms with E-state index in [1.165, 1.54) is 16.5 Å². The Balaban J connectivity index is 1.82. The molecule has 0 fully saturated rings. The maximum atomic E-state index is 4.37. The van der Waals surface area contributed by atoms with Crippen molar-refractivity contribution >= 4 is 10.9 Å². The molecule has 0 radical (unpaired) electrons. The zero-order chi connectivity index (χ0) is 14.9. The number of rotatable bonds is 2. The van der Waals surface area contributed by atoms with Crippen LogP contribution in [0.5, 0.6) is 0 Å². The van der Waals surface area contributed by atoms with Gasteiger partial charge in [0.1, 0.15) is 0 Å². The lowest BCUT2D eigenvalue weighted by Crippen LogP contribution is -1.92. The van der Waals surface area contributed by atoms with Crippen molar-refractivity contribution in [1.29, 1.82) is 0 Å². The van der Waals surface area contributed by atoms with Crippen molar-refractivity contribution in [3.63, 3.8) is 0 Å². The second-order valence-corrected chi connectivity index (χ2v) is 5.36. The Bertz CT molecular complexity index is 922. The lowest BCUT2D eigenvalue weighted by Gasteiger charge is -2.06. The minimum absolute atomic E-state index is 1.03. The number of hydrogen-bond acceptors (Lipinski definition) is 2. The Hall–Kier alpha value is -2.94. The number of fused-ring (bicyclic) bond motifs is 1. The van der Waals surface area contributed by atoms with Gasteiger partial charge in [0.15, 0.2) is 0 Å². The highest BCUT2D eigenvalue weighted by Gasteiger charge is 2.05. The minimum atomic E-state index is 1.03. The Morgan fingerprint density at radius 3 is 2.59 bits per heavy atom. The molecule has 0 bridgehead atoms. The maximum Gasteiger partial charge on any atom is 0.0639 e. The summed E-state index contributed by atoms with van der Waals surface area (Å²) in [5.41, 5.74) is 5.61. The van der Waals surface area contributed by atoms with Gasteiger partial charge in [-0.2, -0.15) is 0 Å². The predicted octanol–water partition coefficient (Wildman–Crippen LogP) is 4.40. The van der Waals surface area contributed by atoms with Gasteiger partial charge in [0.05, 0.1) is 17.4 Å². The smallest absolute Gasteiger partial charge is 0.0639 e. The van der Waals surface area contributed by atoms with Crippen molar-refractivity contribution in [2.45, 2.75) is 6.92 Å². The fourth-order valence-electron chi connectivity index (χ4n) is 2.68. The van der Waals surface area contributed by atoms with Crippen molar-refractivity contribution in [2.75, 3.05) is 0 Å². The van der Waals surface area contributed by atoms with Gasteiger partial charge in [0.25, 0.3) is 0 Å². The summed E-state index contributed by atoms with van der Waals surface area (Å²) >= 11 is 0. The summed E-state index contributed by atoms with van der Waals surface area (Å²) in [5, 5.41) is 1.21. The van der Waals surface area contributed by atoms with E-state index >= 15 is 0 Å². The van der Waals surface area contributed by atoms with E-state index in [0.717, 1.165) is 16.9 Å². The van der Waals surface area contributed by atoms with Crippen LogP contribution in [0.2, 0.25) is 0 Å². The maximum absolute atomic E-state index is 4.37. The van der Waals surface area contributed by atoms with Gasteiger partial charge in [-0.3, -0.25) is 9.97 Å². The summed E-state index contributed by atoms with van der Waals surface area (Å²) in [7, 11) is 0. The van der Waals surface area contributed by atoms with Gasteiger partial charge in [0, 0.05) is 35.2 Å². The molecule has 3 heterocycles. The number of aryl methyl sites for hydroxylation is 1. The van der Waals surface area contributed by atoms with Crippen molar-refractivity contribution in [1.82, 2.24) is 14.5 Å². The van der Waals surface area contributed by atoms with Gasteiger partial charge in [-0.25, -0.2) is 0 Å². The molecule has 0 aliphatic heterocycles. The van der Waals surface area contributed by atoms with Crippen LogP contribution in [0.3, 0.4) is 0 Å². The van der Waals surface area contributed by atoms with Crippen LogP contribution in [0.25, 0.3) is 27.7 Å². The summed E-state index contributed by atoms with van der Waals surface area (Å²) in [4.78, 5) is 8.57. The molecule has 0 saturated heterocycles. The Kier molecular flexibility index (Phi) is 2.97. The Labute approximate surface area is 128 Å². The van der Waals surface area contributed by atoms with E-state index in [1.54, 1.807) is 6.20 Å². The fourth-order valence-corrected chi connectivity index (χ4v) is 2.68. The van der Waals surface area contributed by atoms with Crippen LogP contribution in [0.1, 0.15) is 5.69 Å². The van der Waals surface area contributed by atoms with Crippen LogP contribution in [0, 0.1) is 6.92 Å². The molecule has 3 nitrogen and oxygen atoms in total. The zero-order valence-electron chi connectivity index (χ0n) is 12.3. The molecule has 106 valence electrons. The van der Waals surface area contributed by atoms with Crippen molar-refractivity contribution < 1.29 is 0 Å². The van der Waals surface area contributed by atoms with E-state index in [-0.39, 0.29) is 0 Å². The van der Waals surface area contributed by atoms with Crippen LogP contribution in [-0.2, 0) is 0 Å². The Morgan fingerprint density at radius 1 is 0.909 bits per heavy atom. The first-order valence-corrected chi connectivity index (χ1v) is 7.26. The molecule has 0 aliphatic carbocycles. The van der Waals surface area contributed by atoms with Crippen molar-refractivity contribution in [3.05, 3.63) is 79.0 Å². The van der Waals surface area contributed by atoms with Crippen LogP contribution in [0.15, 0.2) is 73.3 Å². The highest BCUT2D eigenvalue weighted by Crippen LogP contribution is 2.26. The first kappa shape index (κ1) is 12.8. The number of hydrogen-bond donors (Lipinski definition) is 0. The van der Waals surface area contributed by atoms with E-state index in [2.05, 4.69) is 57.1 Å². The lowest BCUT2D eigenvalue weighted by molar-refractivity contribution is 1.10. The lowest BCUT2D eigenvalue weighted by atomic mass is 10.1. The van der Waals surface area contributed by atoms with E-state index in [0.29, 0.717) is 0 Å². The van der Waals surface area contributed by atoms with E-state index in [1.807, 2.05) is 31.5 Å². The summed E-state index contributed by atoms with van der Waals surface area (Å²) in [6, 6.07) is 16.8. The quantitative estimate of drug-likeness (QED) is 0.546. The van der Waals surface area contributed by atoms with Crippen LogP contribution in [0.4, 0.5) is 0 Å². The summed E-state index contributed by atoms with van der Waals surface area (Å²) < 4.78 is 2.15. The van der Waals surface area contributed by atoms with E-state index in [4.69, 9.17) is 0 Å². The normalized spacial score (nSPS) is 11.0. The monoisotopic (exact) mass is 285 g/mol. The third-order valence-electron chi connectivity index (χ3n) is 3.86. The molecule has 3 heteroatoms. The molecule has 0 atom stereocenters. The average Bonchev–Trinajstić information content (AvgIpc) is 2.99. The molecular weight excluding hydrogens is 270 g/mol. The predicted molar refractivity (Wildman–Crippen MR) is 89.0 cm³/mol. The summed E-state index contributed by atoms with van der Waals surface area (Å²) in [6.45, 7) is 2.00. The number of nitrogens with zero attached hydrogens (tertiary/aromatic N) is 3. The van der Waals surface area contributed by atoms with Gasteiger partial charge < -0.3 is 4.57 Å². The number of pyridine rings is 2. The SMILES string of the molecule is Cc1ccc(-c2ccc3c(ccn3-c3cccnc3)c2)cn1. The van der Waals surface area contributed by atoms with Gasteiger partial charge in [-0.1, -0.05) is 12.1 Å². The van der Waals surface area contributed by atoms with Gasteiger partial charge in [-0.05, 0) is 48.9 Å². The topological polar surface area (TPSA) is 30.7 Å². The third kappa shape index (κ3) is 2.17. The number of aromatic nitrogens is 3.